The first-order valence-corrected chi connectivity index (χ1v) is 8.58. The first-order chi connectivity index (χ1) is 13.8. The summed E-state index contributed by atoms with van der Waals surface area (Å²) in [4.78, 5) is 40.0. The van der Waals surface area contributed by atoms with Gasteiger partial charge in [0.25, 0.3) is 11.8 Å². The molecule has 3 amide bonds. The largest absolute Gasteiger partial charge is 0.366 e. The Balaban J connectivity index is 1.80. The van der Waals surface area contributed by atoms with Gasteiger partial charge in [0.2, 0.25) is 5.91 Å². The van der Waals surface area contributed by atoms with Gasteiger partial charge >= 0.3 is 0 Å². The van der Waals surface area contributed by atoms with Gasteiger partial charge in [-0.2, -0.15) is 0 Å². The fourth-order valence-corrected chi connectivity index (χ4v) is 2.58. The zero-order valence-corrected chi connectivity index (χ0v) is 15.4. The molecule has 0 bridgehead atoms. The molecular formula is C21H17FN4O3. The van der Waals surface area contributed by atoms with Crippen molar-refractivity contribution < 1.29 is 18.8 Å². The Morgan fingerprint density at radius 3 is 2.34 bits per heavy atom. The topological polar surface area (TPSA) is 114 Å². The number of carbonyl (C=O) groups excluding carboxylic acids is 3. The molecule has 0 radical (unpaired) electrons. The first kappa shape index (κ1) is 19.7. The third-order valence-corrected chi connectivity index (χ3v) is 4.18. The number of pyridine rings is 1. The van der Waals surface area contributed by atoms with Crippen molar-refractivity contribution in [2.24, 2.45) is 5.73 Å². The van der Waals surface area contributed by atoms with Crippen LogP contribution < -0.4 is 16.4 Å². The minimum Gasteiger partial charge on any atom is -0.366 e. The van der Waals surface area contributed by atoms with E-state index in [9.17, 15) is 18.8 Å². The summed E-state index contributed by atoms with van der Waals surface area (Å²) in [5, 5.41) is 5.25. The van der Waals surface area contributed by atoms with E-state index in [0.29, 0.717) is 11.3 Å². The molecule has 2 aromatic carbocycles. The van der Waals surface area contributed by atoms with Crippen molar-refractivity contribution in [3.05, 3.63) is 89.0 Å². The maximum Gasteiger partial charge on any atom is 0.257 e. The van der Waals surface area contributed by atoms with E-state index in [1.807, 2.05) is 0 Å². The lowest BCUT2D eigenvalue weighted by Gasteiger charge is -2.12. The standard InChI is InChI=1S/C21H17FN4O3/c1-12-17(22)9-15(19(23)27)10-18(12)26-20(28)13-4-2-6-16(8-13)25-21(29)14-5-3-7-24-11-14/h2-11H,1H3,(H2,23,27)(H,25,29)(H,26,28). The Morgan fingerprint density at radius 2 is 1.66 bits per heavy atom. The quantitative estimate of drug-likeness (QED) is 0.619. The normalized spacial score (nSPS) is 10.3. The lowest BCUT2D eigenvalue weighted by molar-refractivity contribution is 0.0995. The number of halogens is 1. The van der Waals surface area contributed by atoms with Gasteiger partial charge in [0.05, 0.1) is 5.56 Å². The molecule has 1 aromatic heterocycles. The van der Waals surface area contributed by atoms with Gasteiger partial charge in [-0.15, -0.1) is 0 Å². The number of benzene rings is 2. The molecule has 0 fully saturated rings. The predicted octanol–water partition coefficient (Wildman–Crippen LogP) is 3.13. The van der Waals surface area contributed by atoms with Crippen LogP contribution in [0.2, 0.25) is 0 Å². The Hall–Kier alpha value is -4.07. The van der Waals surface area contributed by atoms with E-state index in [4.69, 9.17) is 5.73 Å². The van der Waals surface area contributed by atoms with E-state index in [1.165, 1.54) is 25.3 Å². The summed E-state index contributed by atoms with van der Waals surface area (Å²) in [5.74, 6) is -2.37. The molecule has 7 nitrogen and oxygen atoms in total. The van der Waals surface area contributed by atoms with Gasteiger partial charge in [0.1, 0.15) is 5.82 Å². The van der Waals surface area contributed by atoms with E-state index in [0.717, 1.165) is 6.07 Å². The van der Waals surface area contributed by atoms with Crippen LogP contribution in [-0.2, 0) is 0 Å². The van der Waals surface area contributed by atoms with Crippen molar-refractivity contribution >= 4 is 29.1 Å². The van der Waals surface area contributed by atoms with Crippen LogP contribution in [0.15, 0.2) is 60.9 Å². The van der Waals surface area contributed by atoms with Crippen LogP contribution >= 0.6 is 0 Å². The average Bonchev–Trinajstić information content (AvgIpc) is 2.71. The Bertz CT molecular complexity index is 1100. The highest BCUT2D eigenvalue weighted by Gasteiger charge is 2.14. The zero-order valence-electron chi connectivity index (χ0n) is 15.4. The molecule has 0 unspecified atom stereocenters. The van der Waals surface area contributed by atoms with Crippen molar-refractivity contribution in [1.82, 2.24) is 4.98 Å². The molecule has 3 rings (SSSR count). The van der Waals surface area contributed by atoms with Crippen molar-refractivity contribution in [2.75, 3.05) is 10.6 Å². The lowest BCUT2D eigenvalue weighted by Crippen LogP contribution is -2.17. The summed E-state index contributed by atoms with van der Waals surface area (Å²) in [6, 6.07) is 11.8. The SMILES string of the molecule is Cc1c(F)cc(C(N)=O)cc1NC(=O)c1cccc(NC(=O)c2cccnc2)c1. The van der Waals surface area contributed by atoms with Crippen LogP contribution in [0.25, 0.3) is 0 Å². The summed E-state index contributed by atoms with van der Waals surface area (Å²) in [6.07, 6.45) is 2.98. The third-order valence-electron chi connectivity index (χ3n) is 4.18. The highest BCUT2D eigenvalue weighted by molar-refractivity contribution is 6.08. The van der Waals surface area contributed by atoms with Crippen molar-refractivity contribution in [1.29, 1.82) is 0 Å². The highest BCUT2D eigenvalue weighted by atomic mass is 19.1. The van der Waals surface area contributed by atoms with Crippen molar-refractivity contribution in [2.45, 2.75) is 6.92 Å². The van der Waals surface area contributed by atoms with Crippen molar-refractivity contribution in [3.8, 4) is 0 Å². The molecule has 29 heavy (non-hydrogen) atoms. The molecule has 0 atom stereocenters. The molecular weight excluding hydrogens is 375 g/mol. The predicted molar refractivity (Wildman–Crippen MR) is 106 cm³/mol. The zero-order chi connectivity index (χ0) is 21.0. The average molecular weight is 392 g/mol. The molecule has 0 saturated heterocycles. The number of amides is 3. The second kappa shape index (κ2) is 8.30. The molecule has 0 saturated carbocycles. The van der Waals surface area contributed by atoms with E-state index >= 15 is 0 Å². The fourth-order valence-electron chi connectivity index (χ4n) is 2.58. The van der Waals surface area contributed by atoms with E-state index in [2.05, 4.69) is 15.6 Å². The van der Waals surface area contributed by atoms with Gasteiger partial charge in [-0.3, -0.25) is 19.4 Å². The Morgan fingerprint density at radius 1 is 0.931 bits per heavy atom. The van der Waals surface area contributed by atoms with Gasteiger partial charge in [-0.05, 0) is 49.4 Å². The summed E-state index contributed by atoms with van der Waals surface area (Å²) in [7, 11) is 0. The molecule has 0 aliphatic carbocycles. The van der Waals surface area contributed by atoms with Crippen LogP contribution in [0.3, 0.4) is 0 Å². The number of anilines is 2. The molecule has 0 spiro atoms. The number of rotatable bonds is 5. The van der Waals surface area contributed by atoms with E-state index < -0.39 is 17.6 Å². The number of nitrogens with one attached hydrogen (secondary N) is 2. The molecule has 8 heteroatoms. The molecule has 0 aliphatic heterocycles. The lowest BCUT2D eigenvalue weighted by atomic mass is 10.1. The van der Waals surface area contributed by atoms with E-state index in [-0.39, 0.29) is 28.3 Å². The van der Waals surface area contributed by atoms with Gasteiger partial charge in [0, 0.05) is 40.5 Å². The summed E-state index contributed by atoms with van der Waals surface area (Å²) in [6.45, 7) is 1.47. The second-order valence-electron chi connectivity index (χ2n) is 6.23. The minimum absolute atomic E-state index is 0.0547. The highest BCUT2D eigenvalue weighted by Crippen LogP contribution is 2.22. The molecule has 4 N–H and O–H groups in total. The third kappa shape index (κ3) is 4.62. The first-order valence-electron chi connectivity index (χ1n) is 8.58. The summed E-state index contributed by atoms with van der Waals surface area (Å²) in [5.41, 5.74) is 6.45. The van der Waals surface area contributed by atoms with Crippen LogP contribution in [0.5, 0.6) is 0 Å². The Kier molecular flexibility index (Phi) is 5.64. The van der Waals surface area contributed by atoms with Crippen LogP contribution in [0.4, 0.5) is 15.8 Å². The van der Waals surface area contributed by atoms with Gasteiger partial charge < -0.3 is 16.4 Å². The maximum absolute atomic E-state index is 14.0. The Labute approximate surface area is 165 Å². The molecule has 1 heterocycles. The number of nitrogens with zero attached hydrogens (tertiary/aromatic N) is 1. The van der Waals surface area contributed by atoms with E-state index in [1.54, 1.807) is 36.5 Å². The number of hydrogen-bond donors (Lipinski definition) is 3. The number of hydrogen-bond acceptors (Lipinski definition) is 4. The fraction of sp³-hybridized carbons (Fsp3) is 0.0476. The smallest absolute Gasteiger partial charge is 0.257 e. The van der Waals surface area contributed by atoms with Crippen LogP contribution in [0, 0.1) is 12.7 Å². The second-order valence-corrected chi connectivity index (χ2v) is 6.23. The summed E-state index contributed by atoms with van der Waals surface area (Å²) >= 11 is 0. The number of aromatic nitrogens is 1. The summed E-state index contributed by atoms with van der Waals surface area (Å²) < 4.78 is 14.0. The monoisotopic (exact) mass is 392 g/mol. The maximum atomic E-state index is 14.0. The number of primary amides is 1. The van der Waals surface area contributed by atoms with Gasteiger partial charge in [-0.25, -0.2) is 4.39 Å². The molecule has 0 aliphatic rings. The molecule has 3 aromatic rings. The van der Waals surface area contributed by atoms with Crippen LogP contribution in [0.1, 0.15) is 36.6 Å². The van der Waals surface area contributed by atoms with Gasteiger partial charge in [-0.1, -0.05) is 6.07 Å². The number of carbonyl (C=O) groups is 3. The molecule has 146 valence electrons. The number of nitrogens with two attached hydrogens (primary N) is 1. The van der Waals surface area contributed by atoms with Gasteiger partial charge in [0.15, 0.2) is 0 Å². The minimum atomic E-state index is -0.806. The van der Waals surface area contributed by atoms with Crippen molar-refractivity contribution in [3.63, 3.8) is 0 Å². The van der Waals surface area contributed by atoms with Crippen LogP contribution in [-0.4, -0.2) is 22.7 Å².